The predicted octanol–water partition coefficient (Wildman–Crippen LogP) is 1.06. The van der Waals surface area contributed by atoms with E-state index in [2.05, 4.69) is 11.9 Å². The zero-order valence-electron chi connectivity index (χ0n) is 6.23. The Morgan fingerprint density at radius 2 is 2.50 bits per heavy atom. The van der Waals surface area contributed by atoms with E-state index in [1.54, 1.807) is 0 Å². The van der Waals surface area contributed by atoms with Gasteiger partial charge in [0.2, 0.25) is 0 Å². The molecule has 56 valence electrons. The number of cyclic esters (lactones) is 1. The van der Waals surface area contributed by atoms with Crippen molar-refractivity contribution in [1.29, 1.82) is 0 Å². The van der Waals surface area contributed by atoms with Crippen LogP contribution in [0.4, 0.5) is 4.79 Å². The molecule has 1 amide bonds. The Kier molecular flexibility index (Phi) is 1.43. The molecule has 3 nitrogen and oxygen atoms in total. The SMILES string of the molecule is C=C(C)[C@@]1(C)CNC(=O)O1. The van der Waals surface area contributed by atoms with Gasteiger partial charge in [-0.05, 0) is 19.4 Å². The molecule has 1 saturated heterocycles. The monoisotopic (exact) mass is 141 g/mol. The third-order valence-electron chi connectivity index (χ3n) is 1.79. The molecule has 0 radical (unpaired) electrons. The molecule has 0 saturated carbocycles. The second-order valence-electron chi connectivity index (χ2n) is 2.75. The molecule has 0 bridgehead atoms. The fourth-order valence-electron chi connectivity index (χ4n) is 0.756. The molecular formula is C7H11NO2. The summed E-state index contributed by atoms with van der Waals surface area (Å²) >= 11 is 0. The minimum Gasteiger partial charge on any atom is -0.437 e. The van der Waals surface area contributed by atoms with Crippen LogP contribution >= 0.6 is 0 Å². The molecule has 1 atom stereocenters. The van der Waals surface area contributed by atoms with Gasteiger partial charge in [-0.2, -0.15) is 0 Å². The summed E-state index contributed by atoms with van der Waals surface area (Å²) in [6, 6.07) is 0. The number of alkyl carbamates (subject to hydrolysis) is 1. The number of hydrogen-bond donors (Lipinski definition) is 1. The average Bonchev–Trinajstić information content (AvgIpc) is 2.13. The van der Waals surface area contributed by atoms with Crippen LogP contribution in [-0.2, 0) is 4.74 Å². The van der Waals surface area contributed by atoms with Crippen LogP contribution in [-0.4, -0.2) is 18.2 Å². The second-order valence-corrected chi connectivity index (χ2v) is 2.75. The smallest absolute Gasteiger partial charge is 0.408 e. The third kappa shape index (κ3) is 0.988. The second kappa shape index (κ2) is 2.01. The molecule has 0 aliphatic carbocycles. The molecule has 1 aliphatic heterocycles. The molecule has 0 aromatic carbocycles. The average molecular weight is 141 g/mol. The molecule has 1 heterocycles. The van der Waals surface area contributed by atoms with Crippen LogP contribution in [0.15, 0.2) is 12.2 Å². The summed E-state index contributed by atoms with van der Waals surface area (Å²) in [4.78, 5) is 10.6. The predicted molar refractivity (Wildman–Crippen MR) is 37.7 cm³/mol. The van der Waals surface area contributed by atoms with Gasteiger partial charge in [-0.25, -0.2) is 4.79 Å². The summed E-state index contributed by atoms with van der Waals surface area (Å²) in [7, 11) is 0. The fraction of sp³-hybridized carbons (Fsp3) is 0.571. The largest absolute Gasteiger partial charge is 0.437 e. The number of ether oxygens (including phenoxy) is 1. The Morgan fingerprint density at radius 1 is 1.90 bits per heavy atom. The van der Waals surface area contributed by atoms with Crippen LogP contribution in [0.25, 0.3) is 0 Å². The van der Waals surface area contributed by atoms with E-state index in [4.69, 9.17) is 4.74 Å². The number of amides is 1. The van der Waals surface area contributed by atoms with E-state index in [9.17, 15) is 4.79 Å². The van der Waals surface area contributed by atoms with Crippen molar-refractivity contribution in [2.24, 2.45) is 0 Å². The Labute approximate surface area is 60.1 Å². The standard InChI is InChI=1S/C7H11NO2/c1-5(2)7(3)4-8-6(9)10-7/h1,4H2,2-3H3,(H,8,9)/t7-/m1/s1. The van der Waals surface area contributed by atoms with Crippen LogP contribution in [0.3, 0.4) is 0 Å². The quantitative estimate of drug-likeness (QED) is 0.554. The van der Waals surface area contributed by atoms with Crippen LogP contribution in [0.1, 0.15) is 13.8 Å². The molecule has 1 N–H and O–H groups in total. The summed E-state index contributed by atoms with van der Waals surface area (Å²) in [5.41, 5.74) is 0.378. The summed E-state index contributed by atoms with van der Waals surface area (Å²) in [6.45, 7) is 7.94. The maximum Gasteiger partial charge on any atom is 0.408 e. The topological polar surface area (TPSA) is 38.3 Å². The van der Waals surface area contributed by atoms with Crippen LogP contribution in [0.5, 0.6) is 0 Å². The molecule has 10 heavy (non-hydrogen) atoms. The number of nitrogens with one attached hydrogen (secondary N) is 1. The number of hydrogen-bond acceptors (Lipinski definition) is 2. The molecule has 1 fully saturated rings. The van der Waals surface area contributed by atoms with Crippen molar-refractivity contribution in [1.82, 2.24) is 5.32 Å². The van der Waals surface area contributed by atoms with Crippen LogP contribution in [0, 0.1) is 0 Å². The van der Waals surface area contributed by atoms with Gasteiger partial charge in [0.15, 0.2) is 0 Å². The van der Waals surface area contributed by atoms with Gasteiger partial charge in [0.25, 0.3) is 0 Å². The molecule has 0 spiro atoms. The van der Waals surface area contributed by atoms with Gasteiger partial charge >= 0.3 is 6.09 Å². The summed E-state index contributed by atoms with van der Waals surface area (Å²) in [5, 5.41) is 2.57. The lowest BCUT2D eigenvalue weighted by Gasteiger charge is -2.20. The molecule has 1 aliphatic rings. The van der Waals surface area contributed by atoms with Gasteiger partial charge in [0.1, 0.15) is 5.60 Å². The first-order chi connectivity index (χ1) is 4.54. The summed E-state index contributed by atoms with van der Waals surface area (Å²) < 4.78 is 4.96. The van der Waals surface area contributed by atoms with Crippen LogP contribution < -0.4 is 5.32 Å². The Balaban J connectivity index is 2.72. The fourth-order valence-corrected chi connectivity index (χ4v) is 0.756. The van der Waals surface area contributed by atoms with Crippen molar-refractivity contribution < 1.29 is 9.53 Å². The molecule has 0 unspecified atom stereocenters. The van der Waals surface area contributed by atoms with Crippen molar-refractivity contribution in [2.45, 2.75) is 19.4 Å². The lowest BCUT2D eigenvalue weighted by atomic mass is 10.00. The Morgan fingerprint density at radius 3 is 2.70 bits per heavy atom. The van der Waals surface area contributed by atoms with E-state index in [0.29, 0.717) is 6.54 Å². The van der Waals surface area contributed by atoms with Crippen molar-refractivity contribution >= 4 is 6.09 Å². The van der Waals surface area contributed by atoms with Crippen molar-refractivity contribution in [2.75, 3.05) is 6.54 Å². The zero-order valence-corrected chi connectivity index (χ0v) is 6.23. The highest BCUT2D eigenvalue weighted by Crippen LogP contribution is 2.22. The van der Waals surface area contributed by atoms with E-state index in [0.717, 1.165) is 5.57 Å². The van der Waals surface area contributed by atoms with Crippen molar-refractivity contribution in [3.63, 3.8) is 0 Å². The van der Waals surface area contributed by atoms with Gasteiger partial charge in [0.05, 0.1) is 6.54 Å². The van der Waals surface area contributed by atoms with E-state index in [-0.39, 0.29) is 6.09 Å². The van der Waals surface area contributed by atoms with E-state index < -0.39 is 5.60 Å². The highest BCUT2D eigenvalue weighted by Gasteiger charge is 2.35. The van der Waals surface area contributed by atoms with Crippen molar-refractivity contribution in [3.8, 4) is 0 Å². The molecular weight excluding hydrogens is 130 g/mol. The summed E-state index contributed by atoms with van der Waals surface area (Å²) in [6.07, 6.45) is -0.356. The number of carbonyl (C=O) groups excluding carboxylic acids is 1. The first kappa shape index (κ1) is 7.12. The van der Waals surface area contributed by atoms with Gasteiger partial charge in [-0.15, -0.1) is 0 Å². The number of carbonyl (C=O) groups is 1. The number of rotatable bonds is 1. The van der Waals surface area contributed by atoms with Gasteiger partial charge in [-0.1, -0.05) is 6.58 Å². The molecule has 1 rings (SSSR count). The lowest BCUT2D eigenvalue weighted by molar-refractivity contribution is 0.0992. The molecule has 3 heteroatoms. The molecule has 0 aromatic heterocycles. The maximum atomic E-state index is 10.6. The van der Waals surface area contributed by atoms with Gasteiger partial charge < -0.3 is 10.1 Å². The van der Waals surface area contributed by atoms with E-state index in [1.807, 2.05) is 13.8 Å². The first-order valence-corrected chi connectivity index (χ1v) is 3.17. The van der Waals surface area contributed by atoms with Crippen LogP contribution in [0.2, 0.25) is 0 Å². The van der Waals surface area contributed by atoms with Gasteiger partial charge in [0, 0.05) is 0 Å². The normalized spacial score (nSPS) is 31.2. The highest BCUT2D eigenvalue weighted by molar-refractivity contribution is 5.70. The maximum absolute atomic E-state index is 10.6. The molecule has 0 aromatic rings. The Bertz CT molecular complexity index is 188. The Hall–Kier alpha value is -0.990. The van der Waals surface area contributed by atoms with Gasteiger partial charge in [-0.3, -0.25) is 0 Å². The zero-order chi connectivity index (χ0) is 7.78. The summed E-state index contributed by atoms with van der Waals surface area (Å²) in [5.74, 6) is 0. The minimum atomic E-state index is -0.489. The van der Waals surface area contributed by atoms with E-state index >= 15 is 0 Å². The van der Waals surface area contributed by atoms with E-state index in [1.165, 1.54) is 0 Å². The van der Waals surface area contributed by atoms with Crippen molar-refractivity contribution in [3.05, 3.63) is 12.2 Å². The minimum absolute atomic E-state index is 0.356. The highest BCUT2D eigenvalue weighted by atomic mass is 16.6. The third-order valence-corrected chi connectivity index (χ3v) is 1.79. The lowest BCUT2D eigenvalue weighted by Crippen LogP contribution is -2.29. The first-order valence-electron chi connectivity index (χ1n) is 3.17.